The minimum absolute atomic E-state index is 0.359. The Labute approximate surface area is 94.2 Å². The summed E-state index contributed by atoms with van der Waals surface area (Å²) in [6, 6.07) is 2.74. The number of ether oxygens (including phenoxy) is 1. The van der Waals surface area contributed by atoms with E-state index in [1.54, 1.807) is 0 Å². The molecule has 0 N–H and O–H groups in total. The molecule has 0 spiro atoms. The predicted molar refractivity (Wildman–Crippen MR) is 60.7 cm³/mol. The molecule has 0 fully saturated rings. The molecule has 0 bridgehead atoms. The summed E-state index contributed by atoms with van der Waals surface area (Å²) in [5.74, 6) is -2.91. The number of halogens is 2. The van der Waals surface area contributed by atoms with Crippen LogP contribution in [0, 0.1) is 11.6 Å². The summed E-state index contributed by atoms with van der Waals surface area (Å²) >= 11 is 0. The molecule has 5 heteroatoms. The Kier molecular flexibility index (Phi) is 3.47. The number of esters is 1. The van der Waals surface area contributed by atoms with E-state index in [9.17, 15) is 13.6 Å². The summed E-state index contributed by atoms with van der Waals surface area (Å²) in [7, 11) is -0.813. The van der Waals surface area contributed by atoms with E-state index >= 15 is 0 Å². The molecule has 0 radical (unpaired) electrons. The summed E-state index contributed by atoms with van der Waals surface area (Å²) in [5.41, 5.74) is -0.359. The van der Waals surface area contributed by atoms with Gasteiger partial charge < -0.3 is 4.74 Å². The van der Waals surface area contributed by atoms with Gasteiger partial charge in [-0.15, -0.1) is 0 Å². The van der Waals surface area contributed by atoms with Crippen molar-refractivity contribution >= 4 is 19.2 Å². The van der Waals surface area contributed by atoms with Crippen LogP contribution in [0.4, 0.5) is 8.78 Å². The van der Waals surface area contributed by atoms with E-state index in [0.29, 0.717) is 5.19 Å². The fourth-order valence-electron chi connectivity index (χ4n) is 1.40. The van der Waals surface area contributed by atoms with Crippen LogP contribution in [0.25, 0.3) is 0 Å². The second kappa shape index (κ2) is 4.33. The molecule has 1 aromatic carbocycles. The lowest BCUT2D eigenvalue weighted by Gasteiger charge is -2.18. The zero-order valence-electron chi connectivity index (χ0n) is 9.73. The number of hydrogen-bond donors (Lipinski definition) is 0. The summed E-state index contributed by atoms with van der Waals surface area (Å²) in [6.07, 6.45) is 0. The maximum Gasteiger partial charge on any atom is 0.340 e. The maximum atomic E-state index is 13.7. The van der Waals surface area contributed by atoms with Crippen molar-refractivity contribution in [1.82, 2.24) is 0 Å². The number of rotatable bonds is 2. The van der Waals surface area contributed by atoms with Gasteiger partial charge in [0, 0.05) is 0 Å². The molecule has 0 aliphatic heterocycles. The molecule has 1 aromatic rings. The van der Waals surface area contributed by atoms with Gasteiger partial charge in [-0.25, -0.2) is 13.6 Å². The van der Waals surface area contributed by atoms with Crippen molar-refractivity contribution in [2.75, 3.05) is 7.11 Å². The third kappa shape index (κ3) is 2.29. The fourth-order valence-corrected chi connectivity index (χ4v) is 2.75. The van der Waals surface area contributed by atoms with E-state index in [4.69, 9.17) is 0 Å². The molecule has 0 saturated carbocycles. The van der Waals surface area contributed by atoms with Crippen LogP contribution in [0.5, 0.6) is 0 Å². The number of carbonyl (C=O) groups is 1. The highest BCUT2D eigenvalue weighted by Gasteiger charge is 2.26. The van der Waals surface area contributed by atoms with Gasteiger partial charge in [-0.1, -0.05) is 25.7 Å². The summed E-state index contributed by atoms with van der Waals surface area (Å²) in [6.45, 7) is 5.72. The van der Waals surface area contributed by atoms with E-state index in [-0.39, 0.29) is 5.56 Å². The van der Waals surface area contributed by atoms with Crippen molar-refractivity contribution in [3.8, 4) is 0 Å². The molecular weight excluding hydrogens is 230 g/mol. The van der Waals surface area contributed by atoms with Gasteiger partial charge in [-0.05, 0) is 11.3 Å². The van der Waals surface area contributed by atoms with Gasteiger partial charge in [0.1, 0.15) is 0 Å². The zero-order valence-corrected chi connectivity index (χ0v) is 10.7. The van der Waals surface area contributed by atoms with Crippen LogP contribution < -0.4 is 5.19 Å². The van der Waals surface area contributed by atoms with E-state index in [0.717, 1.165) is 7.11 Å². The van der Waals surface area contributed by atoms with Gasteiger partial charge in [0.15, 0.2) is 11.6 Å². The Hall–Kier alpha value is -1.23. The van der Waals surface area contributed by atoms with Crippen molar-refractivity contribution in [1.29, 1.82) is 0 Å². The molecule has 2 nitrogen and oxygen atoms in total. The van der Waals surface area contributed by atoms with Crippen molar-refractivity contribution in [2.24, 2.45) is 0 Å². The maximum absolute atomic E-state index is 13.7. The van der Waals surface area contributed by atoms with Crippen molar-refractivity contribution in [3.05, 3.63) is 29.3 Å². The Morgan fingerprint density at radius 3 is 2.19 bits per heavy atom. The van der Waals surface area contributed by atoms with Gasteiger partial charge >= 0.3 is 5.97 Å². The molecule has 0 aliphatic rings. The van der Waals surface area contributed by atoms with Gasteiger partial charge in [-0.2, -0.15) is 0 Å². The molecule has 0 aliphatic carbocycles. The average molecular weight is 244 g/mol. The lowest BCUT2D eigenvalue weighted by molar-refractivity contribution is 0.0594. The average Bonchev–Trinajstić information content (AvgIpc) is 2.19. The normalized spacial score (nSPS) is 11.4. The third-order valence-electron chi connectivity index (χ3n) is 2.30. The van der Waals surface area contributed by atoms with E-state index in [1.165, 1.54) is 12.1 Å². The minimum Gasteiger partial charge on any atom is -0.465 e. The smallest absolute Gasteiger partial charge is 0.340 e. The Bertz CT molecular complexity index is 425. The lowest BCUT2D eigenvalue weighted by atomic mass is 10.2. The van der Waals surface area contributed by atoms with E-state index in [2.05, 4.69) is 4.74 Å². The standard InChI is InChI=1S/C11H14F2O2Si/c1-15-11(14)7-5-6-8(16(2,3)4)10(13)9(7)12/h5-6H,1-4H3. The van der Waals surface area contributed by atoms with E-state index in [1.807, 2.05) is 19.6 Å². The molecule has 0 atom stereocenters. The molecule has 0 unspecified atom stereocenters. The largest absolute Gasteiger partial charge is 0.465 e. The first kappa shape index (κ1) is 12.8. The van der Waals surface area contributed by atoms with Crippen molar-refractivity contribution in [2.45, 2.75) is 19.6 Å². The first-order valence-electron chi connectivity index (χ1n) is 4.86. The first-order valence-corrected chi connectivity index (χ1v) is 8.36. The Morgan fingerprint density at radius 2 is 1.75 bits per heavy atom. The highest BCUT2D eigenvalue weighted by Crippen LogP contribution is 2.14. The topological polar surface area (TPSA) is 26.3 Å². The lowest BCUT2D eigenvalue weighted by Crippen LogP contribution is -2.41. The number of hydrogen-bond acceptors (Lipinski definition) is 2. The second-order valence-corrected chi connectivity index (χ2v) is 9.57. The molecule has 0 aromatic heterocycles. The van der Waals surface area contributed by atoms with Crippen molar-refractivity contribution < 1.29 is 18.3 Å². The Morgan fingerprint density at radius 1 is 1.19 bits per heavy atom. The highest BCUT2D eigenvalue weighted by atomic mass is 28.3. The summed E-state index contributed by atoms with van der Waals surface area (Å²) in [4.78, 5) is 11.1. The third-order valence-corrected chi connectivity index (χ3v) is 4.30. The van der Waals surface area contributed by atoms with Gasteiger partial charge in [0.2, 0.25) is 0 Å². The van der Waals surface area contributed by atoms with Crippen LogP contribution in [0.2, 0.25) is 19.6 Å². The van der Waals surface area contributed by atoms with Crippen LogP contribution in [0.3, 0.4) is 0 Å². The Balaban J connectivity index is 3.35. The molecule has 0 amide bonds. The monoisotopic (exact) mass is 244 g/mol. The first-order chi connectivity index (χ1) is 7.29. The van der Waals surface area contributed by atoms with Crippen LogP contribution in [-0.2, 0) is 4.74 Å². The predicted octanol–water partition coefficient (Wildman–Crippen LogP) is 2.30. The van der Waals surface area contributed by atoms with Gasteiger partial charge in [-0.3, -0.25) is 0 Å². The van der Waals surface area contributed by atoms with Gasteiger partial charge in [0.25, 0.3) is 0 Å². The second-order valence-electron chi connectivity index (χ2n) is 4.53. The van der Waals surface area contributed by atoms with Crippen molar-refractivity contribution in [3.63, 3.8) is 0 Å². The number of benzene rings is 1. The van der Waals surface area contributed by atoms with Crippen LogP contribution in [0.1, 0.15) is 10.4 Å². The zero-order chi connectivity index (χ0) is 12.5. The molecule has 1 rings (SSSR count). The number of methoxy groups -OCH3 is 1. The summed E-state index contributed by atoms with van der Waals surface area (Å²) < 4.78 is 31.6. The quantitative estimate of drug-likeness (QED) is 0.589. The summed E-state index contributed by atoms with van der Waals surface area (Å²) in [5, 5.41) is 0.373. The molecule has 16 heavy (non-hydrogen) atoms. The molecule has 0 saturated heterocycles. The molecule has 0 heterocycles. The number of carbonyl (C=O) groups excluding carboxylic acids is 1. The van der Waals surface area contributed by atoms with Crippen LogP contribution >= 0.6 is 0 Å². The highest BCUT2D eigenvalue weighted by molar-refractivity contribution is 6.88. The minimum atomic E-state index is -1.94. The fraction of sp³-hybridized carbons (Fsp3) is 0.364. The molecular formula is C11H14F2O2Si. The van der Waals surface area contributed by atoms with Crippen LogP contribution in [0.15, 0.2) is 12.1 Å². The van der Waals surface area contributed by atoms with Gasteiger partial charge in [0.05, 0.1) is 20.7 Å². The molecule has 88 valence electrons. The van der Waals surface area contributed by atoms with E-state index < -0.39 is 25.7 Å². The SMILES string of the molecule is COC(=O)c1ccc([Si](C)(C)C)c(F)c1F. The van der Waals surface area contributed by atoms with Crippen LogP contribution in [-0.4, -0.2) is 21.2 Å².